The molecule has 8 heteroatoms. The zero-order valence-corrected chi connectivity index (χ0v) is 16.5. The number of benzene rings is 2. The van der Waals surface area contributed by atoms with Crippen molar-refractivity contribution in [3.05, 3.63) is 74.3 Å². The fourth-order valence-corrected chi connectivity index (χ4v) is 3.75. The van der Waals surface area contributed by atoms with E-state index in [1.807, 2.05) is 12.1 Å². The summed E-state index contributed by atoms with van der Waals surface area (Å²) in [6.07, 6.45) is 0. The van der Waals surface area contributed by atoms with Crippen molar-refractivity contribution in [3.8, 4) is 0 Å². The highest BCUT2D eigenvalue weighted by Gasteiger charge is 2.23. The van der Waals surface area contributed by atoms with E-state index in [9.17, 15) is 9.59 Å². The number of nitrogens with zero attached hydrogens (tertiary/aromatic N) is 3. The molecule has 2 aromatic carbocycles. The number of H-pyrrole nitrogens is 1. The summed E-state index contributed by atoms with van der Waals surface area (Å²) in [7, 11) is 0. The Kier molecular flexibility index (Phi) is 5.35. The number of carbonyl (C=O) groups is 1. The Morgan fingerprint density at radius 2 is 1.82 bits per heavy atom. The van der Waals surface area contributed by atoms with Gasteiger partial charge in [-0.1, -0.05) is 35.3 Å². The van der Waals surface area contributed by atoms with Crippen molar-refractivity contribution >= 4 is 40.0 Å². The molecule has 2 heterocycles. The third-order valence-electron chi connectivity index (χ3n) is 4.85. The summed E-state index contributed by atoms with van der Waals surface area (Å²) in [6.45, 7) is 3.09. The van der Waals surface area contributed by atoms with Crippen LogP contribution in [0.2, 0.25) is 10.0 Å². The van der Waals surface area contributed by atoms with Gasteiger partial charge < -0.3 is 9.88 Å². The van der Waals surface area contributed by atoms with Gasteiger partial charge in [0.2, 0.25) is 0 Å². The molecule has 0 bridgehead atoms. The summed E-state index contributed by atoms with van der Waals surface area (Å²) in [5.41, 5.74) is 0.947. The van der Waals surface area contributed by atoms with Gasteiger partial charge in [0.25, 0.3) is 11.5 Å². The second-order valence-corrected chi connectivity index (χ2v) is 7.57. The molecule has 28 heavy (non-hydrogen) atoms. The molecule has 0 spiro atoms. The minimum atomic E-state index is -0.199. The van der Waals surface area contributed by atoms with E-state index in [4.69, 9.17) is 23.2 Å². The molecular weight excluding hydrogens is 399 g/mol. The van der Waals surface area contributed by atoms with Crippen LogP contribution in [0.5, 0.6) is 0 Å². The van der Waals surface area contributed by atoms with E-state index in [0.717, 1.165) is 0 Å². The Balaban J connectivity index is 1.43. The van der Waals surface area contributed by atoms with Crippen molar-refractivity contribution < 1.29 is 4.79 Å². The van der Waals surface area contributed by atoms with Gasteiger partial charge in [0.15, 0.2) is 0 Å². The van der Waals surface area contributed by atoms with Gasteiger partial charge >= 0.3 is 0 Å². The van der Waals surface area contributed by atoms with Crippen LogP contribution >= 0.6 is 23.2 Å². The summed E-state index contributed by atoms with van der Waals surface area (Å²) < 4.78 is 0. The molecule has 1 aliphatic heterocycles. The third-order valence-corrected chi connectivity index (χ3v) is 5.42. The summed E-state index contributed by atoms with van der Waals surface area (Å²) in [5.74, 6) is 0.546. The normalized spacial score (nSPS) is 15.1. The number of hydrogen-bond acceptors (Lipinski definition) is 4. The molecule has 0 aliphatic carbocycles. The van der Waals surface area contributed by atoms with Crippen LogP contribution in [-0.4, -0.2) is 51.9 Å². The Morgan fingerprint density at radius 3 is 2.57 bits per heavy atom. The molecular formula is C20H18Cl2N4O2. The molecule has 4 rings (SSSR count). The van der Waals surface area contributed by atoms with E-state index in [-0.39, 0.29) is 11.5 Å². The Morgan fingerprint density at radius 1 is 1.07 bits per heavy atom. The number of amides is 1. The lowest BCUT2D eigenvalue weighted by Crippen LogP contribution is -2.48. The summed E-state index contributed by atoms with van der Waals surface area (Å²) in [4.78, 5) is 36.3. The largest absolute Gasteiger partial charge is 0.336 e. The van der Waals surface area contributed by atoms with E-state index in [2.05, 4.69) is 14.9 Å². The lowest BCUT2D eigenvalue weighted by molar-refractivity contribution is 0.0625. The van der Waals surface area contributed by atoms with E-state index < -0.39 is 0 Å². The first-order valence-electron chi connectivity index (χ1n) is 8.96. The van der Waals surface area contributed by atoms with Crippen molar-refractivity contribution in [2.75, 3.05) is 26.2 Å². The molecule has 1 saturated heterocycles. The number of fused-ring (bicyclic) bond motifs is 1. The first-order valence-corrected chi connectivity index (χ1v) is 9.71. The highest BCUT2D eigenvalue weighted by atomic mass is 35.5. The smallest absolute Gasteiger partial charge is 0.258 e. The van der Waals surface area contributed by atoms with Crippen LogP contribution < -0.4 is 5.56 Å². The van der Waals surface area contributed by atoms with Gasteiger partial charge in [-0.3, -0.25) is 14.5 Å². The van der Waals surface area contributed by atoms with Crippen molar-refractivity contribution in [2.45, 2.75) is 6.54 Å². The highest BCUT2D eigenvalue weighted by Crippen LogP contribution is 2.19. The standard InChI is InChI=1S/C20H18Cl2N4O2/c21-13-5-6-17-15(11-13)19(27)24-18(23-17)12-25-7-9-26(10-8-25)20(28)14-3-1-2-4-16(14)22/h1-6,11H,7-10,12H2,(H,23,24,27). The zero-order valence-electron chi connectivity index (χ0n) is 15.0. The quantitative estimate of drug-likeness (QED) is 0.711. The molecule has 6 nitrogen and oxygen atoms in total. The first kappa shape index (κ1) is 18.9. The van der Waals surface area contributed by atoms with Gasteiger partial charge in [-0.2, -0.15) is 0 Å². The van der Waals surface area contributed by atoms with Crippen LogP contribution in [-0.2, 0) is 6.54 Å². The van der Waals surface area contributed by atoms with Crippen LogP contribution in [0, 0.1) is 0 Å². The fourth-order valence-electron chi connectivity index (χ4n) is 3.36. The predicted octanol–water partition coefficient (Wildman–Crippen LogP) is 3.19. The van der Waals surface area contributed by atoms with E-state index in [0.29, 0.717) is 65.1 Å². The van der Waals surface area contributed by atoms with Crippen LogP contribution in [0.15, 0.2) is 47.3 Å². The van der Waals surface area contributed by atoms with Gasteiger partial charge in [-0.25, -0.2) is 4.98 Å². The lowest BCUT2D eigenvalue weighted by Gasteiger charge is -2.34. The predicted molar refractivity (Wildman–Crippen MR) is 110 cm³/mol. The van der Waals surface area contributed by atoms with Crippen molar-refractivity contribution in [2.24, 2.45) is 0 Å². The number of aromatic nitrogens is 2. The van der Waals surface area contributed by atoms with Gasteiger partial charge in [0, 0.05) is 31.2 Å². The lowest BCUT2D eigenvalue weighted by atomic mass is 10.2. The van der Waals surface area contributed by atoms with E-state index in [1.54, 1.807) is 35.2 Å². The topological polar surface area (TPSA) is 69.3 Å². The van der Waals surface area contributed by atoms with Gasteiger partial charge in [0.1, 0.15) is 5.82 Å². The number of hydrogen-bond donors (Lipinski definition) is 1. The highest BCUT2D eigenvalue weighted by molar-refractivity contribution is 6.33. The second-order valence-electron chi connectivity index (χ2n) is 6.72. The average Bonchev–Trinajstić information content (AvgIpc) is 2.69. The average molecular weight is 417 g/mol. The number of aromatic amines is 1. The number of nitrogens with one attached hydrogen (secondary N) is 1. The number of halogens is 2. The molecule has 0 atom stereocenters. The first-order chi connectivity index (χ1) is 13.5. The molecule has 0 saturated carbocycles. The van der Waals surface area contributed by atoms with Crippen LogP contribution in [0.25, 0.3) is 10.9 Å². The summed E-state index contributed by atoms with van der Waals surface area (Å²) in [5, 5.41) is 1.45. The fraction of sp³-hybridized carbons (Fsp3) is 0.250. The van der Waals surface area contributed by atoms with Crippen molar-refractivity contribution in [1.82, 2.24) is 19.8 Å². The van der Waals surface area contributed by atoms with Crippen molar-refractivity contribution in [3.63, 3.8) is 0 Å². The Hall–Kier alpha value is -2.41. The van der Waals surface area contributed by atoms with E-state index in [1.165, 1.54) is 0 Å². The van der Waals surface area contributed by atoms with Gasteiger partial charge in [-0.15, -0.1) is 0 Å². The van der Waals surface area contributed by atoms with Crippen LogP contribution in [0.1, 0.15) is 16.2 Å². The second kappa shape index (κ2) is 7.91. The van der Waals surface area contributed by atoms with Gasteiger partial charge in [0.05, 0.1) is 28.0 Å². The minimum absolute atomic E-state index is 0.0561. The maximum Gasteiger partial charge on any atom is 0.258 e. The Labute approximate surface area is 171 Å². The van der Waals surface area contributed by atoms with Crippen LogP contribution in [0.4, 0.5) is 0 Å². The minimum Gasteiger partial charge on any atom is -0.336 e. The molecule has 1 N–H and O–H groups in total. The zero-order chi connectivity index (χ0) is 19.7. The van der Waals surface area contributed by atoms with Crippen LogP contribution in [0.3, 0.4) is 0 Å². The number of rotatable bonds is 3. The number of piperazine rings is 1. The summed E-state index contributed by atoms with van der Waals surface area (Å²) in [6, 6.07) is 12.2. The molecule has 1 amide bonds. The third kappa shape index (κ3) is 3.90. The number of carbonyl (C=O) groups excluding carboxylic acids is 1. The molecule has 1 aromatic heterocycles. The Bertz CT molecular complexity index is 1090. The maximum atomic E-state index is 12.7. The molecule has 0 radical (unpaired) electrons. The molecule has 0 unspecified atom stereocenters. The van der Waals surface area contributed by atoms with E-state index >= 15 is 0 Å². The van der Waals surface area contributed by atoms with Gasteiger partial charge in [-0.05, 0) is 30.3 Å². The monoisotopic (exact) mass is 416 g/mol. The molecule has 1 fully saturated rings. The molecule has 144 valence electrons. The SMILES string of the molecule is O=C(c1ccccc1Cl)N1CCN(Cc2nc3ccc(Cl)cc3c(=O)[nH]2)CC1. The molecule has 3 aromatic rings. The maximum absolute atomic E-state index is 12.7. The van der Waals surface area contributed by atoms with Crippen molar-refractivity contribution in [1.29, 1.82) is 0 Å². The summed E-state index contributed by atoms with van der Waals surface area (Å²) >= 11 is 12.1. The molecule has 1 aliphatic rings.